The van der Waals surface area contributed by atoms with Gasteiger partial charge in [0.05, 0.1) is 11.8 Å². The van der Waals surface area contributed by atoms with Gasteiger partial charge in [0, 0.05) is 52.4 Å². The maximum Gasteiger partial charge on any atom is 0.223 e. The molecular formula is C12H31Cl5N6O2. The first-order valence-corrected chi connectivity index (χ1v) is 7.02. The molecule has 2 rings (SSSR count). The third-order valence-corrected chi connectivity index (χ3v) is 3.32. The first kappa shape index (κ1) is 36.2. The van der Waals surface area contributed by atoms with Crippen LogP contribution in [0.2, 0.25) is 0 Å². The number of nitrogens with two attached hydrogens (primary N) is 2. The molecule has 0 spiro atoms. The van der Waals surface area contributed by atoms with Gasteiger partial charge in [0.2, 0.25) is 11.8 Å². The lowest BCUT2D eigenvalue weighted by atomic mass is 10.1. The van der Waals surface area contributed by atoms with Crippen molar-refractivity contribution in [3.8, 4) is 0 Å². The van der Waals surface area contributed by atoms with Crippen molar-refractivity contribution < 1.29 is 9.59 Å². The number of rotatable bonds is 2. The fraction of sp³-hybridized carbons (Fsp3) is 0.833. The van der Waals surface area contributed by atoms with E-state index >= 15 is 0 Å². The van der Waals surface area contributed by atoms with Crippen LogP contribution in [0.5, 0.6) is 0 Å². The Balaban J connectivity index is -0.0000000889. The van der Waals surface area contributed by atoms with Gasteiger partial charge in [-0.1, -0.05) is 0 Å². The summed E-state index contributed by atoms with van der Waals surface area (Å²) in [5.74, 6) is -0.520. The van der Waals surface area contributed by atoms with Crippen LogP contribution in [0.15, 0.2) is 0 Å². The van der Waals surface area contributed by atoms with E-state index in [-0.39, 0.29) is 85.7 Å². The number of nitrogens with one attached hydrogen (secondary N) is 4. The van der Waals surface area contributed by atoms with Gasteiger partial charge in [-0.05, 0) is 0 Å². The van der Waals surface area contributed by atoms with Crippen LogP contribution in [0, 0.1) is 11.8 Å². The highest BCUT2D eigenvalue weighted by atomic mass is 35.5. The first-order valence-electron chi connectivity index (χ1n) is 7.02. The fourth-order valence-electron chi connectivity index (χ4n) is 2.01. The molecule has 8 nitrogen and oxygen atoms in total. The summed E-state index contributed by atoms with van der Waals surface area (Å²) in [6.45, 7) is 6.52. The lowest BCUT2D eigenvalue weighted by molar-refractivity contribution is -0.122. The molecule has 0 aliphatic carbocycles. The van der Waals surface area contributed by atoms with E-state index in [9.17, 15) is 9.59 Å². The lowest BCUT2D eigenvalue weighted by Crippen LogP contribution is -2.35. The Labute approximate surface area is 180 Å². The van der Waals surface area contributed by atoms with Crippen molar-refractivity contribution in [2.24, 2.45) is 23.3 Å². The van der Waals surface area contributed by atoms with Gasteiger partial charge in [0.15, 0.2) is 0 Å². The second-order valence-electron chi connectivity index (χ2n) is 5.02. The molecule has 2 saturated heterocycles. The largest absolute Gasteiger partial charge is 0.369 e. The quantitative estimate of drug-likeness (QED) is 0.297. The van der Waals surface area contributed by atoms with Gasteiger partial charge in [-0.3, -0.25) is 9.59 Å². The second-order valence-corrected chi connectivity index (χ2v) is 5.02. The lowest BCUT2D eigenvalue weighted by Gasteiger charge is -2.07. The Morgan fingerprint density at radius 3 is 0.920 bits per heavy atom. The third-order valence-electron chi connectivity index (χ3n) is 3.32. The molecule has 2 aliphatic rings. The van der Waals surface area contributed by atoms with Crippen LogP contribution >= 0.6 is 62.0 Å². The average molecular weight is 469 g/mol. The Hall–Kier alpha value is 0.230. The van der Waals surface area contributed by atoms with Gasteiger partial charge in [0.25, 0.3) is 0 Å². The molecule has 2 heterocycles. The van der Waals surface area contributed by atoms with Crippen LogP contribution in [-0.4, -0.2) is 64.2 Å². The van der Waals surface area contributed by atoms with Gasteiger partial charge in [-0.2, -0.15) is 0 Å². The topological polar surface area (TPSA) is 134 Å². The molecule has 0 atom stereocenters. The summed E-state index contributed by atoms with van der Waals surface area (Å²) >= 11 is 0. The standard InChI is InChI=1S/2C6H13N3O.5ClH/c2*7-6(10)5-3-8-1-2-9-4-5;;;;;/h2*5,8-9H,1-4H2,(H2,7,10);5*1H. The maximum atomic E-state index is 10.6. The highest BCUT2D eigenvalue weighted by Crippen LogP contribution is 1.93. The monoisotopic (exact) mass is 466 g/mol. The number of hydrogen-bond acceptors (Lipinski definition) is 6. The molecule has 0 aromatic heterocycles. The van der Waals surface area contributed by atoms with E-state index in [0.717, 1.165) is 26.2 Å². The molecule has 8 N–H and O–H groups in total. The number of carbonyl (C=O) groups is 2. The minimum absolute atomic E-state index is 0. The molecule has 13 heteroatoms. The SMILES string of the molecule is Cl.Cl.Cl.Cl.Cl.NC(=O)C1CNCCNC1.NC(=O)C1CNCCNC1. The van der Waals surface area contributed by atoms with Crippen molar-refractivity contribution in [1.29, 1.82) is 0 Å². The number of carbonyl (C=O) groups excluding carboxylic acids is 2. The average Bonchev–Trinajstić information content (AvgIpc) is 2.84. The second kappa shape index (κ2) is 22.3. The highest BCUT2D eigenvalue weighted by molar-refractivity contribution is 5.86. The molecule has 0 bridgehead atoms. The van der Waals surface area contributed by atoms with Gasteiger partial charge in [-0.25, -0.2) is 0 Å². The van der Waals surface area contributed by atoms with Gasteiger partial charge >= 0.3 is 0 Å². The molecule has 2 aliphatic heterocycles. The van der Waals surface area contributed by atoms with Crippen molar-refractivity contribution in [1.82, 2.24) is 21.3 Å². The Morgan fingerprint density at radius 2 is 0.760 bits per heavy atom. The van der Waals surface area contributed by atoms with Crippen LogP contribution in [-0.2, 0) is 9.59 Å². The van der Waals surface area contributed by atoms with Gasteiger partial charge in [-0.15, -0.1) is 62.0 Å². The zero-order chi connectivity index (χ0) is 14.8. The molecule has 0 saturated carbocycles. The molecule has 2 amide bonds. The van der Waals surface area contributed by atoms with Crippen LogP contribution in [0.3, 0.4) is 0 Å². The molecule has 2 fully saturated rings. The van der Waals surface area contributed by atoms with Crippen LogP contribution in [0.1, 0.15) is 0 Å². The van der Waals surface area contributed by atoms with Crippen molar-refractivity contribution in [3.63, 3.8) is 0 Å². The summed E-state index contributed by atoms with van der Waals surface area (Å²) in [5.41, 5.74) is 10.2. The Morgan fingerprint density at radius 1 is 0.560 bits per heavy atom. The minimum Gasteiger partial charge on any atom is -0.369 e. The third kappa shape index (κ3) is 17.4. The Bertz CT molecular complexity index is 284. The zero-order valence-corrected chi connectivity index (χ0v) is 17.9. The summed E-state index contributed by atoms with van der Waals surface area (Å²) in [6.07, 6.45) is 0. The van der Waals surface area contributed by atoms with E-state index in [2.05, 4.69) is 21.3 Å². The van der Waals surface area contributed by atoms with E-state index in [4.69, 9.17) is 11.5 Å². The van der Waals surface area contributed by atoms with Crippen molar-refractivity contribution in [2.45, 2.75) is 0 Å². The highest BCUT2D eigenvalue weighted by Gasteiger charge is 2.16. The van der Waals surface area contributed by atoms with E-state index in [1.807, 2.05) is 0 Å². The van der Waals surface area contributed by atoms with Crippen molar-refractivity contribution in [2.75, 3.05) is 52.4 Å². The maximum absolute atomic E-state index is 10.6. The summed E-state index contributed by atoms with van der Waals surface area (Å²) in [5, 5.41) is 12.5. The molecule has 25 heavy (non-hydrogen) atoms. The zero-order valence-electron chi connectivity index (χ0n) is 13.8. The number of amides is 2. The van der Waals surface area contributed by atoms with E-state index in [1.54, 1.807) is 0 Å². The van der Waals surface area contributed by atoms with Crippen molar-refractivity contribution in [3.05, 3.63) is 0 Å². The van der Waals surface area contributed by atoms with E-state index < -0.39 is 0 Å². The van der Waals surface area contributed by atoms with Crippen molar-refractivity contribution >= 4 is 73.8 Å². The molecule has 156 valence electrons. The van der Waals surface area contributed by atoms with Crippen LogP contribution < -0.4 is 32.7 Å². The number of halogens is 5. The van der Waals surface area contributed by atoms with Gasteiger partial charge < -0.3 is 32.7 Å². The molecule has 0 radical (unpaired) electrons. The predicted octanol–water partition coefficient (Wildman–Crippen LogP) is -1.33. The Kier molecular flexibility index (Phi) is 32.2. The molecule has 0 aromatic carbocycles. The normalized spacial score (nSPS) is 17.6. The fourth-order valence-corrected chi connectivity index (χ4v) is 2.01. The van der Waals surface area contributed by atoms with Crippen LogP contribution in [0.4, 0.5) is 0 Å². The predicted molar refractivity (Wildman–Crippen MR) is 113 cm³/mol. The van der Waals surface area contributed by atoms with Crippen LogP contribution in [0.25, 0.3) is 0 Å². The summed E-state index contributed by atoms with van der Waals surface area (Å²) in [7, 11) is 0. The first-order chi connectivity index (χ1) is 9.61. The molecule has 0 aromatic rings. The summed E-state index contributed by atoms with van der Waals surface area (Å²) in [4.78, 5) is 21.3. The van der Waals surface area contributed by atoms with E-state index in [1.165, 1.54) is 0 Å². The van der Waals surface area contributed by atoms with E-state index in [0.29, 0.717) is 26.2 Å². The molecular weight excluding hydrogens is 437 g/mol. The summed E-state index contributed by atoms with van der Waals surface area (Å²) in [6, 6.07) is 0. The minimum atomic E-state index is -0.220. The molecule has 0 unspecified atom stereocenters. The summed E-state index contributed by atoms with van der Waals surface area (Å²) < 4.78 is 0. The number of hydrogen-bond donors (Lipinski definition) is 6. The number of primary amides is 2. The van der Waals surface area contributed by atoms with Gasteiger partial charge in [0.1, 0.15) is 0 Å². The smallest absolute Gasteiger partial charge is 0.223 e.